The van der Waals surface area contributed by atoms with Gasteiger partial charge in [0.1, 0.15) is 12.0 Å². The molecule has 2 N–H and O–H groups in total. The molecule has 25 heavy (non-hydrogen) atoms. The van der Waals surface area contributed by atoms with Crippen molar-refractivity contribution in [1.29, 1.82) is 0 Å². The van der Waals surface area contributed by atoms with E-state index in [0.29, 0.717) is 5.56 Å². The van der Waals surface area contributed by atoms with Crippen molar-refractivity contribution in [3.8, 4) is 0 Å². The van der Waals surface area contributed by atoms with E-state index in [-0.39, 0.29) is 5.69 Å². The van der Waals surface area contributed by atoms with Crippen molar-refractivity contribution < 1.29 is 33.9 Å². The monoisotopic (exact) mass is 352 g/mol. The summed E-state index contributed by atoms with van der Waals surface area (Å²) in [5.74, 6) is -2.47. The Balaban J connectivity index is 2.26. The van der Waals surface area contributed by atoms with Crippen molar-refractivity contribution in [2.75, 3.05) is 0 Å². The van der Waals surface area contributed by atoms with Crippen LogP contribution in [0.25, 0.3) is 0 Å². The number of nitro groups is 1. The average Bonchev–Trinajstić information content (AvgIpc) is 2.51. The molecule has 1 aromatic rings. The molecule has 1 aromatic carbocycles. The van der Waals surface area contributed by atoms with Crippen molar-refractivity contribution in [2.45, 2.75) is 26.2 Å². The third kappa shape index (κ3) is 4.03. The summed E-state index contributed by atoms with van der Waals surface area (Å²) in [7, 11) is 0. The summed E-state index contributed by atoms with van der Waals surface area (Å²) in [6, 6.07) is 5.15. The SMILES string of the molecule is CC(=O)OC1NC(=O)C1C(C)C(OC(=O)O)c1ccc([N+](=O)[O-])cc1. The Morgan fingerprint density at radius 2 is 1.92 bits per heavy atom. The smallest absolute Gasteiger partial charge is 0.450 e. The van der Waals surface area contributed by atoms with Gasteiger partial charge in [-0.05, 0) is 17.7 Å². The molecule has 0 spiro atoms. The summed E-state index contributed by atoms with van der Waals surface area (Å²) < 4.78 is 9.85. The van der Waals surface area contributed by atoms with Crippen LogP contribution in [0.4, 0.5) is 10.5 Å². The Labute approximate surface area is 141 Å². The van der Waals surface area contributed by atoms with Crippen LogP contribution in [0, 0.1) is 22.0 Å². The Morgan fingerprint density at radius 3 is 2.36 bits per heavy atom. The number of esters is 1. The number of ether oxygens (including phenoxy) is 2. The summed E-state index contributed by atoms with van der Waals surface area (Å²) >= 11 is 0. The van der Waals surface area contributed by atoms with E-state index in [1.54, 1.807) is 6.92 Å². The van der Waals surface area contributed by atoms with Crippen LogP contribution in [0.3, 0.4) is 0 Å². The number of rotatable bonds is 6. The molecule has 10 nitrogen and oxygen atoms in total. The highest BCUT2D eigenvalue weighted by Gasteiger charge is 2.48. The molecule has 0 radical (unpaired) electrons. The lowest BCUT2D eigenvalue weighted by Gasteiger charge is -2.41. The molecule has 0 bridgehead atoms. The topological polar surface area (TPSA) is 145 Å². The highest BCUT2D eigenvalue weighted by Crippen LogP contribution is 2.37. The van der Waals surface area contributed by atoms with Crippen molar-refractivity contribution in [2.24, 2.45) is 11.8 Å². The molecule has 10 heteroatoms. The molecule has 0 aliphatic carbocycles. The quantitative estimate of drug-likeness (QED) is 0.340. The first-order chi connectivity index (χ1) is 11.7. The molecule has 134 valence electrons. The highest BCUT2D eigenvalue weighted by atomic mass is 16.7. The standard InChI is InChI=1S/C15H16N2O8/c1-7(11-13(19)16-14(11)24-8(2)18)12(25-15(20)21)9-3-5-10(6-4-9)17(22)23/h3-7,11-12,14H,1-2H3,(H,16,19)(H,20,21). The Morgan fingerprint density at radius 1 is 1.32 bits per heavy atom. The molecule has 1 aliphatic heterocycles. The summed E-state index contributed by atoms with van der Waals surface area (Å²) in [5, 5.41) is 22.1. The van der Waals surface area contributed by atoms with Gasteiger partial charge in [-0.3, -0.25) is 19.7 Å². The van der Waals surface area contributed by atoms with E-state index in [9.17, 15) is 24.5 Å². The molecule has 1 heterocycles. The van der Waals surface area contributed by atoms with Gasteiger partial charge in [0.05, 0.1) is 4.92 Å². The summed E-state index contributed by atoms with van der Waals surface area (Å²) in [5.41, 5.74) is 0.187. The van der Waals surface area contributed by atoms with E-state index < -0.39 is 47.1 Å². The van der Waals surface area contributed by atoms with E-state index in [4.69, 9.17) is 14.6 Å². The molecule has 2 rings (SSSR count). The summed E-state index contributed by atoms with van der Waals surface area (Å²) in [6.45, 7) is 2.77. The predicted octanol–water partition coefficient (Wildman–Crippen LogP) is 1.60. The maximum atomic E-state index is 11.8. The number of carbonyl (C=O) groups excluding carboxylic acids is 2. The minimum absolute atomic E-state index is 0.162. The van der Waals surface area contributed by atoms with Gasteiger partial charge >= 0.3 is 12.1 Å². The molecule has 4 atom stereocenters. The van der Waals surface area contributed by atoms with Crippen LogP contribution in [0.2, 0.25) is 0 Å². The van der Waals surface area contributed by atoms with Crippen LogP contribution in [-0.2, 0) is 19.1 Å². The molecule has 4 unspecified atom stereocenters. The van der Waals surface area contributed by atoms with Gasteiger partial charge in [-0.15, -0.1) is 0 Å². The number of benzene rings is 1. The maximum absolute atomic E-state index is 11.8. The number of carbonyl (C=O) groups is 3. The lowest BCUT2D eigenvalue weighted by atomic mass is 9.80. The van der Waals surface area contributed by atoms with Crippen LogP contribution in [0.15, 0.2) is 24.3 Å². The third-order valence-electron chi connectivity index (χ3n) is 3.91. The number of hydrogen-bond donors (Lipinski definition) is 2. The lowest BCUT2D eigenvalue weighted by Crippen LogP contribution is -2.62. The van der Waals surface area contributed by atoms with Crippen molar-refractivity contribution in [1.82, 2.24) is 5.32 Å². The number of nitro benzene ring substituents is 1. The molecule has 1 aliphatic rings. The predicted molar refractivity (Wildman–Crippen MR) is 81.3 cm³/mol. The Bertz CT molecular complexity index is 702. The van der Waals surface area contributed by atoms with Crippen molar-refractivity contribution in [3.05, 3.63) is 39.9 Å². The van der Waals surface area contributed by atoms with E-state index >= 15 is 0 Å². The molecular weight excluding hydrogens is 336 g/mol. The maximum Gasteiger partial charge on any atom is 0.506 e. The van der Waals surface area contributed by atoms with Crippen molar-refractivity contribution in [3.63, 3.8) is 0 Å². The second kappa shape index (κ2) is 7.16. The van der Waals surface area contributed by atoms with Crippen LogP contribution >= 0.6 is 0 Å². The van der Waals surface area contributed by atoms with Crippen LogP contribution in [0.5, 0.6) is 0 Å². The van der Waals surface area contributed by atoms with E-state index in [2.05, 4.69) is 5.32 Å². The number of carboxylic acid groups (broad SMARTS) is 1. The molecule has 1 saturated heterocycles. The third-order valence-corrected chi connectivity index (χ3v) is 3.91. The molecule has 0 saturated carbocycles. The zero-order chi connectivity index (χ0) is 18.7. The molecule has 1 fully saturated rings. The van der Waals surface area contributed by atoms with Crippen LogP contribution in [-0.4, -0.2) is 34.3 Å². The fourth-order valence-corrected chi connectivity index (χ4v) is 2.73. The van der Waals surface area contributed by atoms with Gasteiger partial charge < -0.3 is 19.9 Å². The van der Waals surface area contributed by atoms with Gasteiger partial charge in [-0.25, -0.2) is 4.79 Å². The number of hydrogen-bond acceptors (Lipinski definition) is 7. The first kappa shape index (κ1) is 18.2. The van der Waals surface area contributed by atoms with Gasteiger partial charge in [0.25, 0.3) is 5.69 Å². The van der Waals surface area contributed by atoms with Gasteiger partial charge in [-0.2, -0.15) is 0 Å². The number of β-lactam (4-membered cyclic amide) rings is 1. The number of non-ortho nitro benzene ring substituents is 1. The van der Waals surface area contributed by atoms with E-state index in [0.717, 1.165) is 0 Å². The fraction of sp³-hybridized carbons (Fsp3) is 0.400. The summed E-state index contributed by atoms with van der Waals surface area (Å²) in [6.07, 6.45) is -3.50. The van der Waals surface area contributed by atoms with Gasteiger partial charge in [0.2, 0.25) is 5.91 Å². The van der Waals surface area contributed by atoms with Crippen LogP contribution in [0.1, 0.15) is 25.5 Å². The molecule has 0 aromatic heterocycles. The highest BCUT2D eigenvalue weighted by molar-refractivity contribution is 5.86. The van der Waals surface area contributed by atoms with Crippen LogP contribution < -0.4 is 5.32 Å². The Kier molecular flexibility index (Phi) is 5.20. The number of amides is 1. The van der Waals surface area contributed by atoms with Gasteiger partial charge in [0.15, 0.2) is 6.23 Å². The molecular formula is C15H16N2O8. The Hall–Kier alpha value is -3.17. The second-order valence-corrected chi connectivity index (χ2v) is 5.58. The van der Waals surface area contributed by atoms with Gasteiger partial charge in [0, 0.05) is 25.0 Å². The lowest BCUT2D eigenvalue weighted by molar-refractivity contribution is -0.384. The number of nitrogens with one attached hydrogen (secondary N) is 1. The zero-order valence-corrected chi connectivity index (χ0v) is 13.4. The first-order valence-electron chi connectivity index (χ1n) is 7.32. The fourth-order valence-electron chi connectivity index (χ4n) is 2.73. The first-order valence-corrected chi connectivity index (χ1v) is 7.32. The summed E-state index contributed by atoms with van der Waals surface area (Å²) in [4.78, 5) is 44.1. The molecule has 1 amide bonds. The minimum atomic E-state index is -1.56. The normalized spacial score (nSPS) is 21.3. The minimum Gasteiger partial charge on any atom is -0.450 e. The van der Waals surface area contributed by atoms with E-state index in [1.807, 2.05) is 0 Å². The zero-order valence-electron chi connectivity index (χ0n) is 13.4. The van der Waals surface area contributed by atoms with Crippen molar-refractivity contribution >= 4 is 23.7 Å². The van der Waals surface area contributed by atoms with Gasteiger partial charge in [-0.1, -0.05) is 6.92 Å². The largest absolute Gasteiger partial charge is 0.506 e. The number of nitrogens with zero attached hydrogens (tertiary/aromatic N) is 1. The van der Waals surface area contributed by atoms with E-state index in [1.165, 1.54) is 31.2 Å². The second-order valence-electron chi connectivity index (χ2n) is 5.58. The average molecular weight is 352 g/mol.